The highest BCUT2D eigenvalue weighted by Gasteiger charge is 2.28. The Hall–Kier alpha value is -1.75. The van der Waals surface area contributed by atoms with E-state index >= 15 is 0 Å². The molecule has 2 fully saturated rings. The zero-order chi connectivity index (χ0) is 19.2. The molecule has 0 N–H and O–H groups in total. The second-order valence-electron chi connectivity index (χ2n) is 7.81. The molecule has 2 saturated heterocycles. The molecule has 1 aromatic rings. The van der Waals surface area contributed by atoms with Crippen molar-refractivity contribution in [2.45, 2.75) is 51.5 Å². The van der Waals surface area contributed by atoms with Crippen molar-refractivity contribution in [3.63, 3.8) is 0 Å². The summed E-state index contributed by atoms with van der Waals surface area (Å²) in [5.74, 6) is 2.48. The third-order valence-corrected chi connectivity index (χ3v) is 6.19. The number of benzene rings is 1. The van der Waals surface area contributed by atoms with E-state index in [1.54, 1.807) is 14.2 Å². The molecule has 0 unspecified atom stereocenters. The number of nitrogens with zero attached hydrogens (tertiary/aromatic N) is 2. The summed E-state index contributed by atoms with van der Waals surface area (Å²) in [4.78, 5) is 17.1. The number of piperidine rings is 1. The minimum atomic E-state index is 0.373. The largest absolute Gasteiger partial charge is 0.493 e. The molecule has 2 aliphatic heterocycles. The number of hydrogen-bond acceptors (Lipinski definition) is 4. The number of methoxy groups -OCH3 is 2. The van der Waals surface area contributed by atoms with Crippen molar-refractivity contribution in [1.82, 2.24) is 9.80 Å². The van der Waals surface area contributed by atoms with Crippen LogP contribution < -0.4 is 9.47 Å². The Kier molecular flexibility index (Phi) is 7.00. The highest BCUT2D eigenvalue weighted by Crippen LogP contribution is 2.35. The fourth-order valence-electron chi connectivity index (χ4n) is 4.58. The first kappa shape index (κ1) is 20.0. The van der Waals surface area contributed by atoms with E-state index in [-0.39, 0.29) is 0 Å². The molecular formula is C22H34N2O3. The standard InChI is InChI=1S/C22H34N2O3/c1-4-19(18-7-8-20(26-2)21(16-18)27-3)23-13-9-17(10-14-23)15-22(25)24-11-5-6-12-24/h7-8,16-17,19H,4-6,9-15H2,1-3H3/t19-/m1/s1. The van der Waals surface area contributed by atoms with Crippen molar-refractivity contribution in [3.8, 4) is 11.5 Å². The second kappa shape index (κ2) is 9.45. The molecule has 0 radical (unpaired) electrons. The molecule has 0 aromatic heterocycles. The minimum Gasteiger partial charge on any atom is -0.493 e. The predicted octanol–water partition coefficient (Wildman–Crippen LogP) is 3.88. The van der Waals surface area contributed by atoms with Crippen LogP contribution in [-0.2, 0) is 4.79 Å². The first-order valence-electron chi connectivity index (χ1n) is 10.4. The van der Waals surface area contributed by atoms with E-state index in [1.165, 1.54) is 18.4 Å². The predicted molar refractivity (Wildman–Crippen MR) is 107 cm³/mol. The smallest absolute Gasteiger partial charge is 0.222 e. The van der Waals surface area contributed by atoms with Gasteiger partial charge in [-0.05, 0) is 68.8 Å². The molecule has 2 heterocycles. The molecule has 1 aromatic carbocycles. The number of amides is 1. The van der Waals surface area contributed by atoms with Gasteiger partial charge in [0.1, 0.15) is 0 Å². The monoisotopic (exact) mass is 374 g/mol. The van der Waals surface area contributed by atoms with Gasteiger partial charge in [0.2, 0.25) is 5.91 Å². The van der Waals surface area contributed by atoms with Gasteiger partial charge in [0, 0.05) is 25.6 Å². The molecule has 0 spiro atoms. The topological polar surface area (TPSA) is 42.0 Å². The summed E-state index contributed by atoms with van der Waals surface area (Å²) in [6.45, 7) is 6.30. The molecule has 5 heteroatoms. The van der Waals surface area contributed by atoms with E-state index in [2.05, 4.69) is 28.9 Å². The van der Waals surface area contributed by atoms with Gasteiger partial charge in [-0.15, -0.1) is 0 Å². The Morgan fingerprint density at radius 2 is 1.74 bits per heavy atom. The van der Waals surface area contributed by atoms with Crippen molar-refractivity contribution >= 4 is 5.91 Å². The lowest BCUT2D eigenvalue weighted by atomic mass is 9.90. The maximum absolute atomic E-state index is 12.4. The zero-order valence-electron chi connectivity index (χ0n) is 17.1. The van der Waals surface area contributed by atoms with Gasteiger partial charge >= 0.3 is 0 Å². The molecule has 5 nitrogen and oxygen atoms in total. The van der Waals surface area contributed by atoms with Crippen molar-refractivity contribution in [1.29, 1.82) is 0 Å². The van der Waals surface area contributed by atoms with E-state index in [0.717, 1.165) is 63.4 Å². The lowest BCUT2D eigenvalue weighted by molar-refractivity contribution is -0.131. The van der Waals surface area contributed by atoms with Crippen LogP contribution in [0.4, 0.5) is 0 Å². The fraction of sp³-hybridized carbons (Fsp3) is 0.682. The third kappa shape index (κ3) is 4.75. The Bertz CT molecular complexity index is 620. The van der Waals surface area contributed by atoms with E-state index in [4.69, 9.17) is 9.47 Å². The normalized spacial score (nSPS) is 19.9. The molecular weight excluding hydrogens is 340 g/mol. The Labute approximate surface area is 163 Å². The van der Waals surface area contributed by atoms with E-state index < -0.39 is 0 Å². The van der Waals surface area contributed by atoms with E-state index in [1.807, 2.05) is 6.07 Å². The van der Waals surface area contributed by atoms with Gasteiger partial charge < -0.3 is 14.4 Å². The Morgan fingerprint density at radius 3 is 2.33 bits per heavy atom. The molecule has 150 valence electrons. The average molecular weight is 375 g/mol. The summed E-state index contributed by atoms with van der Waals surface area (Å²) in [6.07, 6.45) is 6.38. The molecule has 1 amide bonds. The summed E-state index contributed by atoms with van der Waals surface area (Å²) in [6, 6.07) is 6.65. The van der Waals surface area contributed by atoms with E-state index in [9.17, 15) is 4.79 Å². The quantitative estimate of drug-likeness (QED) is 0.726. The molecule has 0 bridgehead atoms. The Morgan fingerprint density at radius 1 is 1.07 bits per heavy atom. The van der Waals surface area contributed by atoms with Gasteiger partial charge in [-0.2, -0.15) is 0 Å². The Balaban J connectivity index is 1.57. The first-order valence-corrected chi connectivity index (χ1v) is 10.4. The lowest BCUT2D eigenvalue weighted by Gasteiger charge is -2.38. The number of ether oxygens (including phenoxy) is 2. The van der Waals surface area contributed by atoms with E-state index in [0.29, 0.717) is 17.9 Å². The third-order valence-electron chi connectivity index (χ3n) is 6.19. The van der Waals surface area contributed by atoms with Crippen LogP contribution in [0.3, 0.4) is 0 Å². The zero-order valence-corrected chi connectivity index (χ0v) is 17.1. The van der Waals surface area contributed by atoms with Crippen LogP contribution in [0.2, 0.25) is 0 Å². The average Bonchev–Trinajstić information content (AvgIpc) is 3.24. The molecule has 27 heavy (non-hydrogen) atoms. The molecule has 2 aliphatic rings. The molecule has 0 saturated carbocycles. The summed E-state index contributed by atoms with van der Waals surface area (Å²) < 4.78 is 10.9. The molecule has 0 aliphatic carbocycles. The van der Waals surface area contributed by atoms with Crippen LogP contribution in [0, 0.1) is 5.92 Å². The van der Waals surface area contributed by atoms with Gasteiger partial charge in [-0.1, -0.05) is 13.0 Å². The van der Waals surface area contributed by atoms with Gasteiger partial charge in [0.25, 0.3) is 0 Å². The second-order valence-corrected chi connectivity index (χ2v) is 7.81. The molecule has 1 atom stereocenters. The fourth-order valence-corrected chi connectivity index (χ4v) is 4.58. The summed E-state index contributed by atoms with van der Waals surface area (Å²) in [5.41, 5.74) is 1.28. The molecule has 3 rings (SSSR count). The van der Waals surface area contributed by atoms with Crippen LogP contribution >= 0.6 is 0 Å². The van der Waals surface area contributed by atoms with Crippen molar-refractivity contribution in [3.05, 3.63) is 23.8 Å². The highest BCUT2D eigenvalue weighted by atomic mass is 16.5. The number of hydrogen-bond donors (Lipinski definition) is 0. The van der Waals surface area contributed by atoms with Crippen LogP contribution in [0.5, 0.6) is 11.5 Å². The minimum absolute atomic E-state index is 0.373. The summed E-state index contributed by atoms with van der Waals surface area (Å²) in [7, 11) is 3.36. The first-order chi connectivity index (χ1) is 13.2. The number of carbonyl (C=O) groups excluding carboxylic acids is 1. The maximum Gasteiger partial charge on any atom is 0.222 e. The van der Waals surface area contributed by atoms with Gasteiger partial charge in [0.15, 0.2) is 11.5 Å². The van der Waals surface area contributed by atoms with Crippen molar-refractivity contribution in [2.75, 3.05) is 40.4 Å². The summed E-state index contributed by atoms with van der Waals surface area (Å²) in [5, 5.41) is 0. The maximum atomic E-state index is 12.4. The SMILES string of the molecule is CC[C@H](c1ccc(OC)c(OC)c1)N1CCC(CC(=O)N2CCCC2)CC1. The lowest BCUT2D eigenvalue weighted by Crippen LogP contribution is -2.38. The van der Waals surface area contributed by atoms with Crippen LogP contribution in [0.25, 0.3) is 0 Å². The number of rotatable bonds is 7. The number of carbonyl (C=O) groups is 1. The van der Waals surface area contributed by atoms with Crippen molar-refractivity contribution < 1.29 is 14.3 Å². The van der Waals surface area contributed by atoms with Crippen molar-refractivity contribution in [2.24, 2.45) is 5.92 Å². The van der Waals surface area contributed by atoms with Crippen LogP contribution in [0.1, 0.15) is 57.1 Å². The van der Waals surface area contributed by atoms with Gasteiger partial charge in [0.05, 0.1) is 14.2 Å². The highest BCUT2D eigenvalue weighted by molar-refractivity contribution is 5.76. The van der Waals surface area contributed by atoms with Crippen LogP contribution in [0.15, 0.2) is 18.2 Å². The summed E-state index contributed by atoms with van der Waals surface area (Å²) >= 11 is 0. The van der Waals surface area contributed by atoms with Gasteiger partial charge in [-0.25, -0.2) is 0 Å². The number of likely N-dealkylation sites (tertiary alicyclic amines) is 2. The van der Waals surface area contributed by atoms with Crippen LogP contribution in [-0.4, -0.2) is 56.1 Å². The van der Waals surface area contributed by atoms with Gasteiger partial charge in [-0.3, -0.25) is 9.69 Å².